The van der Waals surface area contributed by atoms with Crippen LogP contribution in [0.3, 0.4) is 0 Å². The average molecular weight is 415 g/mol. The van der Waals surface area contributed by atoms with E-state index in [0.29, 0.717) is 13.3 Å². The predicted octanol–water partition coefficient (Wildman–Crippen LogP) is 3.81. The Labute approximate surface area is 180 Å². The van der Waals surface area contributed by atoms with Crippen molar-refractivity contribution in [3.63, 3.8) is 0 Å². The van der Waals surface area contributed by atoms with Gasteiger partial charge in [-0.2, -0.15) is 0 Å². The van der Waals surface area contributed by atoms with E-state index < -0.39 is 0 Å². The standard InChI is InChI=1S/C24H26N6O/c1-17-6-5-8-20-19-7-3-4-9-21(19)30(23(17)20)12-10-25-11-13-31-16-29-15-28-22-18(2)26-14-27-24(22)29/h3-9,14-15,25H,10-13,16H2,1-2H3. The van der Waals surface area contributed by atoms with Gasteiger partial charge in [-0.25, -0.2) is 15.0 Å². The van der Waals surface area contributed by atoms with Gasteiger partial charge < -0.3 is 14.6 Å². The number of benzene rings is 2. The highest BCUT2D eigenvalue weighted by Gasteiger charge is 2.11. The summed E-state index contributed by atoms with van der Waals surface area (Å²) in [6.07, 6.45) is 3.32. The molecule has 7 nitrogen and oxygen atoms in total. The minimum Gasteiger partial charge on any atom is -0.359 e. The van der Waals surface area contributed by atoms with Gasteiger partial charge in [0.25, 0.3) is 0 Å². The molecule has 5 aromatic rings. The molecule has 0 amide bonds. The predicted molar refractivity (Wildman–Crippen MR) is 123 cm³/mol. The van der Waals surface area contributed by atoms with E-state index in [4.69, 9.17) is 4.74 Å². The van der Waals surface area contributed by atoms with E-state index in [2.05, 4.69) is 74.2 Å². The maximum atomic E-state index is 5.82. The van der Waals surface area contributed by atoms with Crippen molar-refractivity contribution in [2.45, 2.75) is 27.1 Å². The molecule has 0 saturated carbocycles. The van der Waals surface area contributed by atoms with Crippen molar-refractivity contribution in [2.24, 2.45) is 0 Å². The van der Waals surface area contributed by atoms with Crippen molar-refractivity contribution in [1.29, 1.82) is 0 Å². The highest BCUT2D eigenvalue weighted by atomic mass is 16.5. The number of imidazole rings is 1. The van der Waals surface area contributed by atoms with Crippen molar-refractivity contribution >= 4 is 33.0 Å². The Morgan fingerprint density at radius 2 is 1.81 bits per heavy atom. The zero-order chi connectivity index (χ0) is 21.2. The normalized spacial score (nSPS) is 11.8. The first kappa shape index (κ1) is 19.7. The number of nitrogens with zero attached hydrogens (tertiary/aromatic N) is 5. The number of aryl methyl sites for hydroxylation is 2. The molecule has 0 aliphatic carbocycles. The Morgan fingerprint density at radius 3 is 2.74 bits per heavy atom. The summed E-state index contributed by atoms with van der Waals surface area (Å²) in [4.78, 5) is 12.9. The zero-order valence-electron chi connectivity index (χ0n) is 17.9. The maximum absolute atomic E-state index is 5.82. The first-order valence-corrected chi connectivity index (χ1v) is 10.6. The van der Waals surface area contributed by atoms with Gasteiger partial charge in [-0.1, -0.05) is 36.4 Å². The number of hydrogen-bond acceptors (Lipinski definition) is 5. The van der Waals surface area contributed by atoms with E-state index in [1.165, 1.54) is 27.4 Å². The molecule has 1 N–H and O–H groups in total. The Bertz CT molecular complexity index is 1350. The summed E-state index contributed by atoms with van der Waals surface area (Å²) in [5, 5.41) is 6.14. The molecule has 31 heavy (non-hydrogen) atoms. The molecular weight excluding hydrogens is 388 g/mol. The Hall–Kier alpha value is -3.29. The van der Waals surface area contributed by atoms with Crippen molar-refractivity contribution in [3.8, 4) is 0 Å². The molecule has 0 aliphatic heterocycles. The number of rotatable bonds is 8. The minimum absolute atomic E-state index is 0.431. The monoisotopic (exact) mass is 414 g/mol. The smallest absolute Gasteiger partial charge is 0.165 e. The second-order valence-electron chi connectivity index (χ2n) is 7.77. The van der Waals surface area contributed by atoms with Crippen LogP contribution in [0, 0.1) is 13.8 Å². The molecule has 0 bridgehead atoms. The van der Waals surface area contributed by atoms with Crippen molar-refractivity contribution in [3.05, 3.63) is 66.4 Å². The van der Waals surface area contributed by atoms with Gasteiger partial charge in [0.15, 0.2) is 5.65 Å². The van der Waals surface area contributed by atoms with Gasteiger partial charge in [0.1, 0.15) is 18.6 Å². The fourth-order valence-corrected chi connectivity index (χ4v) is 4.24. The van der Waals surface area contributed by atoms with Crippen LogP contribution in [0.1, 0.15) is 11.3 Å². The zero-order valence-corrected chi connectivity index (χ0v) is 17.9. The lowest BCUT2D eigenvalue weighted by Gasteiger charge is -2.11. The van der Waals surface area contributed by atoms with E-state index in [-0.39, 0.29) is 0 Å². The Kier molecular flexibility index (Phi) is 5.36. The number of hydrogen-bond donors (Lipinski definition) is 1. The fraction of sp³-hybridized carbons (Fsp3) is 0.292. The summed E-state index contributed by atoms with van der Waals surface area (Å²) < 4.78 is 10.1. The first-order valence-electron chi connectivity index (χ1n) is 10.6. The summed E-state index contributed by atoms with van der Waals surface area (Å²) in [6, 6.07) is 15.2. The second-order valence-corrected chi connectivity index (χ2v) is 7.77. The lowest BCUT2D eigenvalue weighted by atomic mass is 10.1. The summed E-state index contributed by atoms with van der Waals surface area (Å²) in [6.45, 7) is 7.76. The summed E-state index contributed by atoms with van der Waals surface area (Å²) in [5.74, 6) is 0. The van der Waals surface area contributed by atoms with Crippen LogP contribution < -0.4 is 5.32 Å². The molecule has 2 aromatic carbocycles. The van der Waals surface area contributed by atoms with Gasteiger partial charge in [-0.05, 0) is 25.5 Å². The van der Waals surface area contributed by atoms with Crippen molar-refractivity contribution in [2.75, 3.05) is 19.7 Å². The van der Waals surface area contributed by atoms with E-state index in [1.807, 2.05) is 11.5 Å². The van der Waals surface area contributed by atoms with E-state index in [9.17, 15) is 0 Å². The van der Waals surface area contributed by atoms with Crippen LogP contribution in [0.5, 0.6) is 0 Å². The summed E-state index contributed by atoms with van der Waals surface area (Å²) in [7, 11) is 0. The summed E-state index contributed by atoms with van der Waals surface area (Å²) in [5.41, 5.74) is 6.43. The molecule has 3 heterocycles. The molecule has 7 heteroatoms. The number of ether oxygens (including phenoxy) is 1. The molecule has 158 valence electrons. The first-order chi connectivity index (χ1) is 15.2. The molecule has 0 radical (unpaired) electrons. The van der Waals surface area contributed by atoms with Gasteiger partial charge in [-0.3, -0.25) is 4.57 Å². The Morgan fingerprint density at radius 1 is 0.935 bits per heavy atom. The second kappa shape index (κ2) is 8.45. The average Bonchev–Trinajstić information content (AvgIpc) is 3.34. The summed E-state index contributed by atoms with van der Waals surface area (Å²) >= 11 is 0. The molecule has 5 rings (SSSR count). The third kappa shape index (κ3) is 3.66. The molecular formula is C24H26N6O. The van der Waals surface area contributed by atoms with Gasteiger partial charge in [0, 0.05) is 35.9 Å². The molecule has 0 fully saturated rings. The number of nitrogens with one attached hydrogen (secondary N) is 1. The Balaban J connectivity index is 1.17. The van der Waals surface area contributed by atoms with Crippen LogP contribution in [0.2, 0.25) is 0 Å². The lowest BCUT2D eigenvalue weighted by Crippen LogP contribution is -2.24. The maximum Gasteiger partial charge on any atom is 0.165 e. The van der Waals surface area contributed by atoms with E-state index >= 15 is 0 Å². The largest absolute Gasteiger partial charge is 0.359 e. The number of fused-ring (bicyclic) bond motifs is 4. The van der Waals surface area contributed by atoms with Crippen LogP contribution in [-0.2, 0) is 18.0 Å². The molecule has 0 atom stereocenters. The SMILES string of the molecule is Cc1ncnc2c1ncn2COCCNCCn1c2ccccc2c2cccc(C)c21. The van der Waals surface area contributed by atoms with Crippen LogP contribution in [0.25, 0.3) is 33.0 Å². The van der Waals surface area contributed by atoms with Crippen LogP contribution >= 0.6 is 0 Å². The molecule has 0 unspecified atom stereocenters. The number of aromatic nitrogens is 5. The van der Waals surface area contributed by atoms with Gasteiger partial charge in [0.05, 0.1) is 24.1 Å². The van der Waals surface area contributed by atoms with Gasteiger partial charge in [-0.15, -0.1) is 0 Å². The third-order valence-electron chi connectivity index (χ3n) is 5.74. The van der Waals surface area contributed by atoms with Gasteiger partial charge >= 0.3 is 0 Å². The van der Waals surface area contributed by atoms with Gasteiger partial charge in [0.2, 0.25) is 0 Å². The highest BCUT2D eigenvalue weighted by molar-refractivity contribution is 6.09. The number of para-hydroxylation sites is 2. The molecule has 0 saturated heterocycles. The quantitative estimate of drug-likeness (QED) is 0.391. The van der Waals surface area contributed by atoms with Crippen LogP contribution in [-0.4, -0.2) is 43.8 Å². The van der Waals surface area contributed by atoms with E-state index in [1.54, 1.807) is 12.7 Å². The topological polar surface area (TPSA) is 69.8 Å². The van der Waals surface area contributed by atoms with Crippen molar-refractivity contribution in [1.82, 2.24) is 29.4 Å². The fourth-order valence-electron chi connectivity index (χ4n) is 4.24. The molecule has 3 aromatic heterocycles. The third-order valence-corrected chi connectivity index (χ3v) is 5.74. The molecule has 0 aliphatic rings. The van der Waals surface area contributed by atoms with Crippen LogP contribution in [0.15, 0.2) is 55.1 Å². The molecule has 0 spiro atoms. The van der Waals surface area contributed by atoms with Crippen molar-refractivity contribution < 1.29 is 4.74 Å². The highest BCUT2D eigenvalue weighted by Crippen LogP contribution is 2.30. The minimum atomic E-state index is 0.431. The van der Waals surface area contributed by atoms with E-state index in [0.717, 1.165) is 36.5 Å². The lowest BCUT2D eigenvalue weighted by molar-refractivity contribution is 0.0811. The van der Waals surface area contributed by atoms with Crippen LogP contribution in [0.4, 0.5) is 0 Å².